The molecule has 2 aliphatic rings. The van der Waals surface area contributed by atoms with Crippen LogP contribution in [0, 0.1) is 5.92 Å². The van der Waals surface area contributed by atoms with Gasteiger partial charge in [-0.1, -0.05) is 28.1 Å². The molecule has 0 radical (unpaired) electrons. The molecule has 0 aromatic heterocycles. The van der Waals surface area contributed by atoms with Crippen LogP contribution in [-0.4, -0.2) is 37.1 Å². The fraction of sp³-hybridized carbons (Fsp3) is 0.562. The van der Waals surface area contributed by atoms with Gasteiger partial charge in [0.15, 0.2) is 0 Å². The molecule has 2 bridgehead atoms. The normalized spacial score (nSPS) is 33.1. The number of esters is 1. The first-order valence-electron chi connectivity index (χ1n) is 7.17. The molecule has 0 N–H and O–H groups in total. The fourth-order valence-electron chi connectivity index (χ4n) is 3.98. The number of fused-ring (bicyclic) bond motifs is 2. The molecule has 0 spiro atoms. The molecule has 0 aliphatic carbocycles. The Labute approximate surface area is 128 Å². The van der Waals surface area contributed by atoms with Gasteiger partial charge in [-0.25, -0.2) is 0 Å². The largest absolute Gasteiger partial charge is 0.469 e. The zero-order valence-corrected chi connectivity index (χ0v) is 13.5. The number of carbonyl (C=O) groups excluding carboxylic acids is 1. The number of benzene rings is 1. The number of hydrogen-bond donors (Lipinski definition) is 0. The number of hydrogen-bond acceptors (Lipinski definition) is 3. The summed E-state index contributed by atoms with van der Waals surface area (Å²) in [7, 11) is 3.65. The molecular weight excluding hydrogens is 318 g/mol. The Hall–Kier alpha value is -0.870. The highest BCUT2D eigenvalue weighted by molar-refractivity contribution is 9.10. The van der Waals surface area contributed by atoms with Gasteiger partial charge in [0.05, 0.1) is 13.0 Å². The topological polar surface area (TPSA) is 29.5 Å². The van der Waals surface area contributed by atoms with Crippen molar-refractivity contribution in [3.8, 4) is 0 Å². The minimum atomic E-state index is -0.0601. The van der Waals surface area contributed by atoms with Gasteiger partial charge in [0.1, 0.15) is 0 Å². The van der Waals surface area contributed by atoms with Gasteiger partial charge in [-0.05, 0) is 44.0 Å². The van der Waals surface area contributed by atoms with E-state index in [1.165, 1.54) is 19.1 Å². The van der Waals surface area contributed by atoms with Gasteiger partial charge >= 0.3 is 5.97 Å². The molecule has 4 heteroatoms. The van der Waals surface area contributed by atoms with E-state index in [9.17, 15) is 4.79 Å². The number of nitrogens with zero attached hydrogens (tertiary/aromatic N) is 1. The molecule has 3 rings (SSSR count). The molecule has 2 aliphatic heterocycles. The van der Waals surface area contributed by atoms with Crippen LogP contribution in [-0.2, 0) is 9.53 Å². The minimum Gasteiger partial charge on any atom is -0.469 e. The van der Waals surface area contributed by atoms with Gasteiger partial charge in [0.25, 0.3) is 0 Å². The fourth-order valence-corrected chi connectivity index (χ4v) is 4.24. The molecule has 0 saturated carbocycles. The maximum Gasteiger partial charge on any atom is 0.310 e. The van der Waals surface area contributed by atoms with Gasteiger partial charge in [0.2, 0.25) is 0 Å². The molecule has 2 heterocycles. The lowest BCUT2D eigenvalue weighted by Crippen LogP contribution is -2.49. The maximum absolute atomic E-state index is 12.3. The molecular formula is C16H20BrNO2. The first-order valence-corrected chi connectivity index (χ1v) is 7.96. The van der Waals surface area contributed by atoms with Crippen molar-refractivity contribution in [3.05, 3.63) is 34.3 Å². The van der Waals surface area contributed by atoms with Crippen molar-refractivity contribution in [2.24, 2.45) is 5.92 Å². The van der Waals surface area contributed by atoms with Crippen LogP contribution in [0.4, 0.5) is 0 Å². The molecule has 108 valence electrons. The van der Waals surface area contributed by atoms with Crippen LogP contribution in [0.5, 0.6) is 0 Å². The maximum atomic E-state index is 12.3. The van der Waals surface area contributed by atoms with Crippen LogP contribution >= 0.6 is 15.9 Å². The van der Waals surface area contributed by atoms with Crippen molar-refractivity contribution < 1.29 is 9.53 Å². The number of methoxy groups -OCH3 is 1. The number of carbonyl (C=O) groups is 1. The average molecular weight is 338 g/mol. The second-order valence-electron chi connectivity index (χ2n) is 5.91. The van der Waals surface area contributed by atoms with Crippen LogP contribution in [0.3, 0.4) is 0 Å². The van der Waals surface area contributed by atoms with E-state index in [2.05, 4.69) is 52.1 Å². The SMILES string of the molecule is COC(=O)[C@H]1[C@@H](c2ccc(Br)cc2)C[C@@H]2CC[C@H]1N2C. The minimum absolute atomic E-state index is 0.0371. The zero-order chi connectivity index (χ0) is 14.3. The summed E-state index contributed by atoms with van der Waals surface area (Å²) in [4.78, 5) is 14.7. The van der Waals surface area contributed by atoms with Crippen molar-refractivity contribution in [1.82, 2.24) is 4.90 Å². The van der Waals surface area contributed by atoms with E-state index in [-0.39, 0.29) is 17.8 Å². The standard InChI is InChI=1S/C16H20BrNO2/c1-18-12-7-8-14(18)15(16(19)20-2)13(9-12)10-3-5-11(17)6-4-10/h3-6,12-15H,7-9H2,1-2H3/t12-,13+,14+,15-/m0/s1. The lowest BCUT2D eigenvalue weighted by atomic mass is 9.76. The summed E-state index contributed by atoms with van der Waals surface area (Å²) < 4.78 is 6.16. The van der Waals surface area contributed by atoms with Crippen molar-refractivity contribution in [2.75, 3.05) is 14.2 Å². The smallest absolute Gasteiger partial charge is 0.310 e. The van der Waals surface area contributed by atoms with Crippen LogP contribution in [0.1, 0.15) is 30.7 Å². The molecule has 4 atom stereocenters. The summed E-state index contributed by atoms with van der Waals surface area (Å²) in [6, 6.07) is 9.32. The molecule has 2 saturated heterocycles. The second-order valence-corrected chi connectivity index (χ2v) is 6.82. The Morgan fingerprint density at radius 3 is 2.65 bits per heavy atom. The van der Waals surface area contributed by atoms with Crippen LogP contribution in [0.2, 0.25) is 0 Å². The van der Waals surface area contributed by atoms with Gasteiger partial charge in [0, 0.05) is 22.5 Å². The summed E-state index contributed by atoms with van der Waals surface area (Å²) in [6.07, 6.45) is 3.35. The lowest BCUT2D eigenvalue weighted by molar-refractivity contribution is -0.150. The van der Waals surface area contributed by atoms with Gasteiger partial charge < -0.3 is 4.74 Å². The first-order chi connectivity index (χ1) is 9.61. The van der Waals surface area contributed by atoms with Crippen molar-refractivity contribution in [1.29, 1.82) is 0 Å². The Kier molecular flexibility index (Phi) is 3.87. The van der Waals surface area contributed by atoms with E-state index in [0.717, 1.165) is 17.3 Å². The summed E-state index contributed by atoms with van der Waals surface area (Å²) in [5, 5.41) is 0. The van der Waals surface area contributed by atoms with Crippen molar-refractivity contribution in [3.63, 3.8) is 0 Å². The van der Waals surface area contributed by atoms with E-state index in [4.69, 9.17) is 4.74 Å². The predicted octanol–water partition coefficient (Wildman–Crippen LogP) is 3.19. The van der Waals surface area contributed by atoms with Crippen LogP contribution in [0.15, 0.2) is 28.7 Å². The van der Waals surface area contributed by atoms with E-state index < -0.39 is 0 Å². The van der Waals surface area contributed by atoms with Crippen LogP contribution in [0.25, 0.3) is 0 Å². The third-order valence-corrected chi connectivity index (χ3v) is 5.57. The van der Waals surface area contributed by atoms with E-state index in [0.29, 0.717) is 12.1 Å². The lowest BCUT2D eigenvalue weighted by Gasteiger charge is -2.41. The Bertz CT molecular complexity index is 502. The predicted molar refractivity (Wildman–Crippen MR) is 81.6 cm³/mol. The highest BCUT2D eigenvalue weighted by Gasteiger charge is 2.49. The Morgan fingerprint density at radius 1 is 1.30 bits per heavy atom. The van der Waals surface area contributed by atoms with Crippen molar-refractivity contribution >= 4 is 21.9 Å². The number of ether oxygens (including phenoxy) is 1. The molecule has 0 amide bonds. The summed E-state index contributed by atoms with van der Waals surface area (Å²) >= 11 is 3.47. The average Bonchev–Trinajstić information content (AvgIpc) is 2.70. The first kappa shape index (κ1) is 14.1. The Morgan fingerprint density at radius 2 is 2.00 bits per heavy atom. The molecule has 2 fully saturated rings. The Balaban J connectivity index is 1.95. The summed E-state index contributed by atoms with van der Waals surface area (Å²) in [6.45, 7) is 0. The van der Waals surface area contributed by atoms with Crippen LogP contribution < -0.4 is 0 Å². The molecule has 20 heavy (non-hydrogen) atoms. The second kappa shape index (κ2) is 5.49. The molecule has 3 nitrogen and oxygen atoms in total. The highest BCUT2D eigenvalue weighted by atomic mass is 79.9. The zero-order valence-electron chi connectivity index (χ0n) is 11.9. The van der Waals surface area contributed by atoms with Gasteiger partial charge in [-0.2, -0.15) is 0 Å². The van der Waals surface area contributed by atoms with Gasteiger partial charge in [-0.3, -0.25) is 9.69 Å². The molecule has 1 aromatic carbocycles. The summed E-state index contributed by atoms with van der Waals surface area (Å²) in [5.74, 6) is 0.185. The monoisotopic (exact) mass is 337 g/mol. The third kappa shape index (κ3) is 2.29. The number of piperidine rings is 1. The van der Waals surface area contributed by atoms with E-state index in [1.807, 2.05) is 0 Å². The number of halogens is 1. The summed E-state index contributed by atoms with van der Waals surface area (Å²) in [5.41, 5.74) is 1.26. The third-order valence-electron chi connectivity index (χ3n) is 5.04. The number of rotatable bonds is 2. The van der Waals surface area contributed by atoms with Crippen molar-refractivity contribution in [2.45, 2.75) is 37.3 Å². The highest BCUT2D eigenvalue weighted by Crippen LogP contribution is 2.46. The van der Waals surface area contributed by atoms with E-state index in [1.54, 1.807) is 0 Å². The van der Waals surface area contributed by atoms with Gasteiger partial charge in [-0.15, -0.1) is 0 Å². The quantitative estimate of drug-likeness (QED) is 0.776. The molecule has 1 aromatic rings. The molecule has 0 unspecified atom stereocenters. The van der Waals surface area contributed by atoms with E-state index >= 15 is 0 Å².